The van der Waals surface area contributed by atoms with Crippen LogP contribution in [0.5, 0.6) is 0 Å². The highest BCUT2D eigenvalue weighted by Crippen LogP contribution is 2.17. The van der Waals surface area contributed by atoms with Crippen LogP contribution in [-0.4, -0.2) is 15.7 Å². The third-order valence-electron chi connectivity index (χ3n) is 1.81. The fourth-order valence-electron chi connectivity index (χ4n) is 1.19. The number of nitrogen functional groups attached to an aromatic ring is 2. The van der Waals surface area contributed by atoms with E-state index in [9.17, 15) is 0 Å². The van der Waals surface area contributed by atoms with E-state index in [1.54, 1.807) is 12.3 Å². The molecule has 0 spiro atoms. The van der Waals surface area contributed by atoms with Crippen molar-refractivity contribution in [3.8, 4) is 0 Å². The Labute approximate surface area is 74.5 Å². The second-order valence-corrected chi connectivity index (χ2v) is 2.74. The van der Waals surface area contributed by atoms with E-state index in [4.69, 9.17) is 16.9 Å². The molecule has 5 heteroatoms. The first kappa shape index (κ1) is 7.60. The third kappa shape index (κ3) is 1.10. The van der Waals surface area contributed by atoms with E-state index in [1.807, 2.05) is 12.1 Å². The first-order valence-electron chi connectivity index (χ1n) is 3.77. The highest BCUT2D eigenvalue weighted by Gasteiger charge is 2.03. The van der Waals surface area contributed by atoms with Gasteiger partial charge in [-0.3, -0.25) is 5.41 Å². The molecule has 2 aromatic rings. The summed E-state index contributed by atoms with van der Waals surface area (Å²) >= 11 is 0. The minimum Gasteiger partial charge on any atom is -0.397 e. The average molecular weight is 175 g/mol. The molecule has 0 aliphatic rings. The number of hydrogen-bond acceptors (Lipinski definition) is 3. The number of hydrogen-bond donors (Lipinski definition) is 3. The van der Waals surface area contributed by atoms with Crippen molar-refractivity contribution in [2.75, 3.05) is 5.73 Å². The van der Waals surface area contributed by atoms with Gasteiger partial charge in [0.05, 0.1) is 5.69 Å². The smallest absolute Gasteiger partial charge is 0.213 e. The summed E-state index contributed by atoms with van der Waals surface area (Å²) in [4.78, 5) is 0. The van der Waals surface area contributed by atoms with Gasteiger partial charge in [-0.2, -0.15) is 5.10 Å². The van der Waals surface area contributed by atoms with Crippen LogP contribution in [0.25, 0.3) is 10.9 Å². The zero-order valence-corrected chi connectivity index (χ0v) is 6.86. The van der Waals surface area contributed by atoms with Crippen molar-refractivity contribution in [2.45, 2.75) is 0 Å². The van der Waals surface area contributed by atoms with Crippen LogP contribution in [0.2, 0.25) is 0 Å². The topological polar surface area (TPSA) is 93.7 Å². The fourth-order valence-corrected chi connectivity index (χ4v) is 1.19. The summed E-state index contributed by atoms with van der Waals surface area (Å²) in [5, 5.41) is 12.1. The van der Waals surface area contributed by atoms with Crippen molar-refractivity contribution in [3.05, 3.63) is 24.4 Å². The maximum atomic E-state index is 7.18. The molecule has 5 nitrogen and oxygen atoms in total. The number of benzene rings is 1. The molecular formula is C8H9N5. The van der Waals surface area contributed by atoms with Crippen LogP contribution < -0.4 is 11.5 Å². The largest absolute Gasteiger partial charge is 0.397 e. The van der Waals surface area contributed by atoms with E-state index in [-0.39, 0.29) is 5.96 Å². The lowest BCUT2D eigenvalue weighted by molar-refractivity contribution is 0.928. The van der Waals surface area contributed by atoms with Gasteiger partial charge in [0.25, 0.3) is 0 Å². The van der Waals surface area contributed by atoms with Crippen molar-refractivity contribution >= 4 is 22.5 Å². The summed E-state index contributed by atoms with van der Waals surface area (Å²) in [6.45, 7) is 0. The summed E-state index contributed by atoms with van der Waals surface area (Å²) in [5.41, 5.74) is 12.2. The second-order valence-electron chi connectivity index (χ2n) is 2.74. The standard InChI is InChI=1S/C8H9N5/c9-6-3-1-2-5-4-13(8(10)11)12-7(5)6/h1-4H,9H2,(H3,10,11). The van der Waals surface area contributed by atoms with Gasteiger partial charge in [0.1, 0.15) is 5.52 Å². The van der Waals surface area contributed by atoms with Crippen molar-refractivity contribution < 1.29 is 0 Å². The molecule has 0 saturated carbocycles. The van der Waals surface area contributed by atoms with Gasteiger partial charge in [0.2, 0.25) is 5.96 Å². The van der Waals surface area contributed by atoms with Gasteiger partial charge in [0.15, 0.2) is 0 Å². The van der Waals surface area contributed by atoms with Gasteiger partial charge in [-0.25, -0.2) is 4.68 Å². The molecule has 1 heterocycles. The summed E-state index contributed by atoms with van der Waals surface area (Å²) in [7, 11) is 0. The van der Waals surface area contributed by atoms with Gasteiger partial charge in [0, 0.05) is 11.6 Å². The number of nitrogens with two attached hydrogens (primary N) is 2. The van der Waals surface area contributed by atoms with Gasteiger partial charge in [-0.15, -0.1) is 0 Å². The molecule has 2 rings (SSSR count). The van der Waals surface area contributed by atoms with Crippen LogP contribution >= 0.6 is 0 Å². The Morgan fingerprint density at radius 3 is 2.85 bits per heavy atom. The lowest BCUT2D eigenvalue weighted by Gasteiger charge is -1.93. The van der Waals surface area contributed by atoms with Crippen LogP contribution in [0.3, 0.4) is 0 Å². The first-order valence-corrected chi connectivity index (χ1v) is 3.77. The minimum atomic E-state index is -0.115. The Morgan fingerprint density at radius 1 is 1.46 bits per heavy atom. The average Bonchev–Trinajstić information content (AvgIpc) is 2.49. The van der Waals surface area contributed by atoms with Gasteiger partial charge in [-0.05, 0) is 6.07 Å². The molecule has 0 saturated heterocycles. The molecule has 0 aliphatic carbocycles. The molecular weight excluding hydrogens is 166 g/mol. The molecule has 5 N–H and O–H groups in total. The molecule has 0 radical (unpaired) electrons. The summed E-state index contributed by atoms with van der Waals surface area (Å²) in [6, 6.07) is 5.47. The highest BCUT2D eigenvalue weighted by atomic mass is 15.3. The molecule has 0 bridgehead atoms. The number of fused-ring (bicyclic) bond motifs is 1. The van der Waals surface area contributed by atoms with Crippen molar-refractivity contribution in [2.24, 2.45) is 5.73 Å². The lowest BCUT2D eigenvalue weighted by atomic mass is 10.2. The molecule has 1 aromatic carbocycles. The van der Waals surface area contributed by atoms with E-state index in [0.29, 0.717) is 11.2 Å². The quantitative estimate of drug-likeness (QED) is 0.306. The Balaban J connectivity index is 2.75. The minimum absolute atomic E-state index is 0.115. The van der Waals surface area contributed by atoms with Crippen molar-refractivity contribution in [1.29, 1.82) is 5.41 Å². The van der Waals surface area contributed by atoms with Crippen LogP contribution in [0.15, 0.2) is 24.4 Å². The predicted molar refractivity (Wildman–Crippen MR) is 51.5 cm³/mol. The Morgan fingerprint density at radius 2 is 2.23 bits per heavy atom. The Bertz CT molecular complexity index is 470. The van der Waals surface area contributed by atoms with Gasteiger partial charge < -0.3 is 11.5 Å². The lowest BCUT2D eigenvalue weighted by Crippen LogP contribution is -2.20. The molecule has 0 fully saturated rings. The number of aromatic nitrogens is 2. The summed E-state index contributed by atoms with van der Waals surface area (Å²) in [6.07, 6.45) is 1.67. The van der Waals surface area contributed by atoms with Crippen LogP contribution in [0, 0.1) is 5.41 Å². The zero-order chi connectivity index (χ0) is 9.42. The van der Waals surface area contributed by atoms with Gasteiger partial charge in [-0.1, -0.05) is 12.1 Å². The van der Waals surface area contributed by atoms with Gasteiger partial charge >= 0.3 is 0 Å². The monoisotopic (exact) mass is 175 g/mol. The van der Waals surface area contributed by atoms with Crippen LogP contribution in [0.1, 0.15) is 0 Å². The van der Waals surface area contributed by atoms with Crippen molar-refractivity contribution in [1.82, 2.24) is 9.78 Å². The normalized spacial score (nSPS) is 10.5. The molecule has 0 unspecified atom stereocenters. The first-order chi connectivity index (χ1) is 6.18. The van der Waals surface area contributed by atoms with E-state index in [2.05, 4.69) is 5.10 Å². The highest BCUT2D eigenvalue weighted by molar-refractivity contribution is 5.91. The van der Waals surface area contributed by atoms with E-state index < -0.39 is 0 Å². The molecule has 0 amide bonds. The Kier molecular flexibility index (Phi) is 1.45. The number of nitrogens with one attached hydrogen (secondary N) is 1. The molecule has 13 heavy (non-hydrogen) atoms. The Hall–Kier alpha value is -2.04. The maximum Gasteiger partial charge on any atom is 0.213 e. The molecule has 0 atom stereocenters. The van der Waals surface area contributed by atoms with Crippen LogP contribution in [-0.2, 0) is 0 Å². The van der Waals surface area contributed by atoms with E-state index >= 15 is 0 Å². The predicted octanol–water partition coefficient (Wildman–Crippen LogP) is 0.360. The molecule has 0 aliphatic heterocycles. The van der Waals surface area contributed by atoms with E-state index in [1.165, 1.54) is 4.68 Å². The summed E-state index contributed by atoms with van der Waals surface area (Å²) < 4.78 is 1.29. The number of nitrogens with zero attached hydrogens (tertiary/aromatic N) is 2. The maximum absolute atomic E-state index is 7.18. The molecule has 66 valence electrons. The fraction of sp³-hybridized carbons (Fsp3) is 0. The second kappa shape index (κ2) is 2.48. The zero-order valence-electron chi connectivity index (χ0n) is 6.86. The molecule has 1 aromatic heterocycles. The number of anilines is 1. The van der Waals surface area contributed by atoms with E-state index in [0.717, 1.165) is 5.39 Å². The third-order valence-corrected chi connectivity index (χ3v) is 1.81. The summed E-state index contributed by atoms with van der Waals surface area (Å²) in [5.74, 6) is -0.115. The number of rotatable bonds is 0. The SMILES string of the molecule is N=C(N)n1cc2cccc(N)c2n1. The van der Waals surface area contributed by atoms with Crippen molar-refractivity contribution in [3.63, 3.8) is 0 Å². The van der Waals surface area contributed by atoms with Crippen LogP contribution in [0.4, 0.5) is 5.69 Å².